The van der Waals surface area contributed by atoms with Crippen LogP contribution in [0.25, 0.3) is 11.3 Å². The van der Waals surface area contributed by atoms with Gasteiger partial charge < -0.3 is 10.5 Å². The van der Waals surface area contributed by atoms with Gasteiger partial charge in [0.25, 0.3) is 0 Å². The summed E-state index contributed by atoms with van der Waals surface area (Å²) in [5.41, 5.74) is 6.26. The minimum absolute atomic E-state index is 0.205. The number of benzene rings is 1. The van der Waals surface area contributed by atoms with Gasteiger partial charge in [0.2, 0.25) is 0 Å². The maximum Gasteiger partial charge on any atom is 0.190 e. The number of hydrogen-bond acceptors (Lipinski definition) is 4. The fourth-order valence-electron chi connectivity index (χ4n) is 1.41. The van der Waals surface area contributed by atoms with E-state index in [2.05, 4.69) is 4.98 Å². The third kappa shape index (κ3) is 2.36. The summed E-state index contributed by atoms with van der Waals surface area (Å²) >= 11 is 1.22. The Balaban J connectivity index is 2.45. The molecule has 0 aliphatic carbocycles. The van der Waals surface area contributed by atoms with Crippen LogP contribution in [0.4, 0.5) is 13.9 Å². The van der Waals surface area contributed by atoms with E-state index < -0.39 is 11.6 Å². The van der Waals surface area contributed by atoms with Crippen molar-refractivity contribution in [3.05, 3.63) is 29.1 Å². The second kappa shape index (κ2) is 4.67. The topological polar surface area (TPSA) is 48.1 Å². The molecule has 1 aromatic carbocycles. The van der Waals surface area contributed by atoms with Crippen molar-refractivity contribution in [1.82, 2.24) is 4.98 Å². The van der Waals surface area contributed by atoms with Crippen molar-refractivity contribution < 1.29 is 13.5 Å². The van der Waals surface area contributed by atoms with Crippen molar-refractivity contribution in [2.45, 2.75) is 6.92 Å². The van der Waals surface area contributed by atoms with Crippen LogP contribution in [0.5, 0.6) is 5.75 Å². The molecule has 0 aliphatic rings. The fourth-order valence-corrected chi connectivity index (χ4v) is 1.98. The molecule has 0 atom stereocenters. The number of anilines is 1. The van der Waals surface area contributed by atoms with E-state index in [0.717, 1.165) is 0 Å². The highest BCUT2D eigenvalue weighted by atomic mass is 32.1. The molecular formula is C11H10F2N2OS. The van der Waals surface area contributed by atoms with E-state index in [-0.39, 0.29) is 12.4 Å². The highest BCUT2D eigenvalue weighted by Gasteiger charge is 2.14. The number of halogens is 2. The molecule has 2 N–H and O–H groups in total. The van der Waals surface area contributed by atoms with E-state index >= 15 is 0 Å². The molecule has 0 unspecified atom stereocenters. The number of thiazole rings is 1. The van der Waals surface area contributed by atoms with Gasteiger partial charge in [0.1, 0.15) is 0 Å². The molecule has 17 heavy (non-hydrogen) atoms. The predicted octanol–water partition coefficient (Wildman–Crippen LogP) is 3.07. The Morgan fingerprint density at radius 1 is 1.35 bits per heavy atom. The lowest BCUT2D eigenvalue weighted by Crippen LogP contribution is -1.98. The Morgan fingerprint density at radius 3 is 2.47 bits per heavy atom. The Morgan fingerprint density at radius 2 is 2.00 bits per heavy atom. The van der Waals surface area contributed by atoms with Gasteiger partial charge in [-0.15, -0.1) is 11.3 Å². The first kappa shape index (κ1) is 11.8. The molecule has 1 aromatic heterocycles. The number of aromatic nitrogens is 1. The third-order valence-electron chi connectivity index (χ3n) is 2.10. The van der Waals surface area contributed by atoms with Crippen LogP contribution in [0, 0.1) is 11.6 Å². The summed E-state index contributed by atoms with van der Waals surface area (Å²) in [4.78, 5) is 3.96. The highest BCUT2D eigenvalue weighted by Crippen LogP contribution is 2.30. The second-order valence-corrected chi connectivity index (χ2v) is 4.16. The van der Waals surface area contributed by atoms with Crippen LogP contribution < -0.4 is 10.5 Å². The first-order valence-corrected chi connectivity index (χ1v) is 5.83. The number of hydrogen-bond donors (Lipinski definition) is 1. The quantitative estimate of drug-likeness (QED) is 0.918. The standard InChI is InChI=1S/C11H10F2N2OS/c1-2-16-10-7(12)3-6(4-8(10)13)9-5-17-11(14)15-9/h3-5H,2H2,1H3,(H2,14,15). The molecule has 3 nitrogen and oxygen atoms in total. The van der Waals surface area contributed by atoms with Crippen molar-refractivity contribution in [2.75, 3.05) is 12.3 Å². The molecule has 0 aliphatic heterocycles. The van der Waals surface area contributed by atoms with E-state index in [9.17, 15) is 8.78 Å². The van der Waals surface area contributed by atoms with Gasteiger partial charge in [0.05, 0.1) is 12.3 Å². The smallest absolute Gasteiger partial charge is 0.190 e. The summed E-state index contributed by atoms with van der Waals surface area (Å²) < 4.78 is 32.0. The van der Waals surface area contributed by atoms with E-state index in [0.29, 0.717) is 16.4 Å². The minimum atomic E-state index is -0.742. The van der Waals surface area contributed by atoms with Gasteiger partial charge in [-0.05, 0) is 19.1 Å². The van der Waals surface area contributed by atoms with Crippen molar-refractivity contribution in [1.29, 1.82) is 0 Å². The van der Waals surface area contributed by atoms with Crippen LogP contribution in [0.2, 0.25) is 0 Å². The highest BCUT2D eigenvalue weighted by molar-refractivity contribution is 7.13. The first-order chi connectivity index (χ1) is 8.11. The van der Waals surface area contributed by atoms with Crippen LogP contribution in [-0.2, 0) is 0 Å². The predicted molar refractivity (Wildman–Crippen MR) is 63.0 cm³/mol. The van der Waals surface area contributed by atoms with Gasteiger partial charge in [0.15, 0.2) is 22.5 Å². The Hall–Kier alpha value is -1.69. The first-order valence-electron chi connectivity index (χ1n) is 4.95. The van der Waals surface area contributed by atoms with Gasteiger partial charge in [0, 0.05) is 10.9 Å². The molecule has 2 rings (SSSR count). The van der Waals surface area contributed by atoms with Crippen LogP contribution in [0.15, 0.2) is 17.5 Å². The third-order valence-corrected chi connectivity index (χ3v) is 2.78. The van der Waals surface area contributed by atoms with Gasteiger partial charge in [-0.2, -0.15) is 0 Å². The van der Waals surface area contributed by atoms with Crippen molar-refractivity contribution in [3.63, 3.8) is 0 Å². The molecule has 0 spiro atoms. The molecule has 90 valence electrons. The molecular weight excluding hydrogens is 246 g/mol. The number of rotatable bonds is 3. The molecule has 0 saturated heterocycles. The lowest BCUT2D eigenvalue weighted by atomic mass is 10.1. The Kier molecular flexibility index (Phi) is 3.23. The van der Waals surface area contributed by atoms with E-state index in [1.54, 1.807) is 12.3 Å². The number of nitrogen functional groups attached to an aromatic ring is 1. The lowest BCUT2D eigenvalue weighted by Gasteiger charge is -2.07. The average molecular weight is 256 g/mol. The van der Waals surface area contributed by atoms with E-state index in [1.165, 1.54) is 23.5 Å². The molecule has 0 radical (unpaired) electrons. The summed E-state index contributed by atoms with van der Waals surface area (Å²) in [5, 5.41) is 2.00. The number of ether oxygens (including phenoxy) is 1. The van der Waals surface area contributed by atoms with E-state index in [4.69, 9.17) is 10.5 Å². The second-order valence-electron chi connectivity index (χ2n) is 3.27. The number of nitrogens with zero attached hydrogens (tertiary/aromatic N) is 1. The summed E-state index contributed by atoms with van der Waals surface area (Å²) in [6, 6.07) is 2.37. The monoisotopic (exact) mass is 256 g/mol. The maximum absolute atomic E-state index is 13.6. The van der Waals surface area contributed by atoms with Crippen LogP contribution in [-0.4, -0.2) is 11.6 Å². The SMILES string of the molecule is CCOc1c(F)cc(-c2csc(N)n2)cc1F. The summed E-state index contributed by atoms with van der Waals surface area (Å²) in [6.45, 7) is 1.87. The van der Waals surface area contributed by atoms with Gasteiger partial charge in [-0.3, -0.25) is 0 Å². The van der Waals surface area contributed by atoms with Gasteiger partial charge >= 0.3 is 0 Å². The van der Waals surface area contributed by atoms with Crippen molar-refractivity contribution >= 4 is 16.5 Å². The fraction of sp³-hybridized carbons (Fsp3) is 0.182. The zero-order chi connectivity index (χ0) is 12.4. The normalized spacial score (nSPS) is 10.5. The van der Waals surface area contributed by atoms with Crippen LogP contribution >= 0.6 is 11.3 Å². The maximum atomic E-state index is 13.6. The lowest BCUT2D eigenvalue weighted by molar-refractivity contribution is 0.303. The molecule has 0 amide bonds. The van der Waals surface area contributed by atoms with Crippen LogP contribution in [0.1, 0.15) is 6.92 Å². The summed E-state index contributed by atoms with van der Waals surface area (Å²) in [5.74, 6) is -1.85. The van der Waals surface area contributed by atoms with Crippen molar-refractivity contribution in [3.8, 4) is 17.0 Å². The van der Waals surface area contributed by atoms with Crippen LogP contribution in [0.3, 0.4) is 0 Å². The molecule has 1 heterocycles. The molecule has 0 fully saturated rings. The zero-order valence-electron chi connectivity index (χ0n) is 9.04. The molecule has 6 heteroatoms. The van der Waals surface area contributed by atoms with E-state index in [1.807, 2.05) is 0 Å². The van der Waals surface area contributed by atoms with Gasteiger partial charge in [-0.1, -0.05) is 0 Å². The van der Waals surface area contributed by atoms with Crippen molar-refractivity contribution in [2.24, 2.45) is 0 Å². The molecule has 0 bridgehead atoms. The molecule has 0 saturated carbocycles. The van der Waals surface area contributed by atoms with Gasteiger partial charge in [-0.25, -0.2) is 13.8 Å². The molecule has 2 aromatic rings. The minimum Gasteiger partial charge on any atom is -0.488 e. The Bertz CT molecular complexity index is 519. The average Bonchev–Trinajstić information content (AvgIpc) is 2.70. The summed E-state index contributed by atoms with van der Waals surface area (Å²) in [6.07, 6.45) is 0. The number of nitrogens with two attached hydrogens (primary N) is 1. The largest absolute Gasteiger partial charge is 0.488 e. The zero-order valence-corrected chi connectivity index (χ0v) is 9.85. The summed E-state index contributed by atoms with van der Waals surface area (Å²) in [7, 11) is 0. The Labute approximate surface area is 101 Å².